The van der Waals surface area contributed by atoms with Crippen LogP contribution in [0.1, 0.15) is 54.7 Å². The maximum Gasteiger partial charge on any atom is 0.0641 e. The molecule has 0 amide bonds. The summed E-state index contributed by atoms with van der Waals surface area (Å²) >= 11 is 0. The fourth-order valence-corrected chi connectivity index (χ4v) is 2.68. The molecule has 0 saturated heterocycles. The van der Waals surface area contributed by atoms with Gasteiger partial charge in [0.25, 0.3) is 0 Å². The van der Waals surface area contributed by atoms with Gasteiger partial charge in [-0.05, 0) is 32.8 Å². The number of nitrogens with one attached hydrogen (secondary N) is 1. The Bertz CT molecular complexity index is 554. The predicted molar refractivity (Wildman–Crippen MR) is 83.7 cm³/mol. The van der Waals surface area contributed by atoms with Crippen LogP contribution in [0.4, 0.5) is 0 Å². The van der Waals surface area contributed by atoms with Crippen molar-refractivity contribution in [1.29, 1.82) is 0 Å². The van der Waals surface area contributed by atoms with E-state index in [9.17, 15) is 0 Å². The molecule has 3 heteroatoms. The molecule has 1 heterocycles. The Morgan fingerprint density at radius 3 is 2.35 bits per heavy atom. The summed E-state index contributed by atoms with van der Waals surface area (Å²) in [5.74, 6) is 0. The smallest absolute Gasteiger partial charge is 0.0641 e. The van der Waals surface area contributed by atoms with Crippen LogP contribution >= 0.6 is 0 Å². The van der Waals surface area contributed by atoms with E-state index in [1.54, 1.807) is 0 Å². The summed E-state index contributed by atoms with van der Waals surface area (Å²) in [5.41, 5.74) is 5.04. The van der Waals surface area contributed by atoms with Gasteiger partial charge in [-0.3, -0.25) is 4.68 Å². The average molecular weight is 271 g/mol. The third-order valence-corrected chi connectivity index (χ3v) is 3.86. The molecule has 1 N–H and O–H groups in total. The number of hydrogen-bond acceptors (Lipinski definition) is 2. The number of aryl methyl sites for hydroxylation is 3. The second-order valence-electron chi connectivity index (χ2n) is 5.60. The molecular formula is C17H25N3. The molecule has 0 spiro atoms. The van der Waals surface area contributed by atoms with Crippen molar-refractivity contribution in [3.63, 3.8) is 0 Å². The van der Waals surface area contributed by atoms with Crippen LogP contribution in [-0.2, 0) is 7.05 Å². The Hall–Kier alpha value is -1.61. The number of hydrogen-bond donors (Lipinski definition) is 1. The first-order valence-electron chi connectivity index (χ1n) is 7.34. The highest BCUT2D eigenvalue weighted by atomic mass is 15.3. The van der Waals surface area contributed by atoms with Crippen molar-refractivity contribution in [2.75, 3.05) is 0 Å². The Kier molecular flexibility index (Phi) is 4.61. The largest absolute Gasteiger partial charge is 0.303 e. The van der Waals surface area contributed by atoms with Gasteiger partial charge in [-0.1, -0.05) is 36.8 Å². The van der Waals surface area contributed by atoms with Gasteiger partial charge in [0.15, 0.2) is 0 Å². The van der Waals surface area contributed by atoms with Gasteiger partial charge in [0.2, 0.25) is 0 Å². The van der Waals surface area contributed by atoms with Gasteiger partial charge in [0.05, 0.1) is 5.69 Å². The van der Waals surface area contributed by atoms with Gasteiger partial charge in [0.1, 0.15) is 0 Å². The van der Waals surface area contributed by atoms with E-state index in [2.05, 4.69) is 68.6 Å². The van der Waals surface area contributed by atoms with E-state index in [1.165, 1.54) is 16.7 Å². The zero-order valence-corrected chi connectivity index (χ0v) is 13.1. The van der Waals surface area contributed by atoms with Crippen LogP contribution in [0, 0.1) is 13.8 Å². The van der Waals surface area contributed by atoms with E-state index < -0.39 is 0 Å². The van der Waals surface area contributed by atoms with Gasteiger partial charge in [-0.25, -0.2) is 0 Å². The Labute approximate surface area is 122 Å². The standard InChI is InChI=1S/C17H25N3/c1-6-17(15-9-7-12(2)8-10-15)18-13(3)16-11-20(5)19-14(16)4/h7-11,13,17-18H,6H2,1-5H3. The molecule has 20 heavy (non-hydrogen) atoms. The van der Waals surface area contributed by atoms with Crippen molar-refractivity contribution in [3.8, 4) is 0 Å². The fraction of sp³-hybridized carbons (Fsp3) is 0.471. The van der Waals surface area contributed by atoms with E-state index in [4.69, 9.17) is 0 Å². The molecule has 0 radical (unpaired) electrons. The lowest BCUT2D eigenvalue weighted by molar-refractivity contribution is 0.455. The summed E-state index contributed by atoms with van der Waals surface area (Å²) in [6.07, 6.45) is 3.18. The van der Waals surface area contributed by atoms with Crippen LogP contribution in [0.2, 0.25) is 0 Å². The number of nitrogens with zero attached hydrogens (tertiary/aromatic N) is 2. The first kappa shape index (κ1) is 14.8. The molecule has 2 rings (SSSR count). The summed E-state index contributed by atoms with van der Waals surface area (Å²) in [6.45, 7) is 8.63. The van der Waals surface area contributed by atoms with Gasteiger partial charge < -0.3 is 5.32 Å². The van der Waals surface area contributed by atoms with Crippen LogP contribution in [0.3, 0.4) is 0 Å². The van der Waals surface area contributed by atoms with E-state index in [-0.39, 0.29) is 0 Å². The molecule has 0 aliphatic carbocycles. The third kappa shape index (κ3) is 3.28. The molecule has 0 bridgehead atoms. The molecule has 2 unspecified atom stereocenters. The Morgan fingerprint density at radius 1 is 1.20 bits per heavy atom. The molecule has 0 saturated carbocycles. The molecular weight excluding hydrogens is 246 g/mol. The molecule has 0 aliphatic heterocycles. The van der Waals surface area contributed by atoms with Crippen molar-refractivity contribution in [1.82, 2.24) is 15.1 Å². The van der Waals surface area contributed by atoms with Crippen LogP contribution in [0.15, 0.2) is 30.5 Å². The molecule has 3 nitrogen and oxygen atoms in total. The lowest BCUT2D eigenvalue weighted by Gasteiger charge is -2.22. The summed E-state index contributed by atoms with van der Waals surface area (Å²) in [6, 6.07) is 9.48. The molecule has 0 aliphatic rings. The van der Waals surface area contributed by atoms with Crippen LogP contribution in [0.5, 0.6) is 0 Å². The second kappa shape index (κ2) is 6.23. The van der Waals surface area contributed by atoms with E-state index in [0.717, 1.165) is 12.1 Å². The minimum Gasteiger partial charge on any atom is -0.303 e. The highest BCUT2D eigenvalue weighted by Gasteiger charge is 2.16. The third-order valence-electron chi connectivity index (χ3n) is 3.86. The first-order chi connectivity index (χ1) is 9.51. The minimum absolute atomic E-state index is 0.301. The number of benzene rings is 1. The van der Waals surface area contributed by atoms with Gasteiger partial charge >= 0.3 is 0 Å². The van der Waals surface area contributed by atoms with Gasteiger partial charge in [-0.2, -0.15) is 5.10 Å². The average Bonchev–Trinajstić information content (AvgIpc) is 2.76. The molecule has 2 atom stereocenters. The van der Waals surface area contributed by atoms with E-state index in [1.807, 2.05) is 11.7 Å². The predicted octanol–water partition coefficient (Wildman–Crippen LogP) is 3.84. The second-order valence-corrected chi connectivity index (χ2v) is 5.60. The summed E-state index contributed by atoms with van der Waals surface area (Å²) in [5, 5.41) is 8.15. The lowest BCUT2D eigenvalue weighted by Crippen LogP contribution is -2.24. The van der Waals surface area contributed by atoms with Gasteiger partial charge in [-0.15, -0.1) is 0 Å². The summed E-state index contributed by atoms with van der Waals surface area (Å²) < 4.78 is 1.88. The topological polar surface area (TPSA) is 29.9 Å². The molecule has 1 aromatic carbocycles. The highest BCUT2D eigenvalue weighted by molar-refractivity contribution is 5.25. The fourth-order valence-electron chi connectivity index (χ4n) is 2.68. The maximum absolute atomic E-state index is 4.43. The zero-order chi connectivity index (χ0) is 14.7. The molecule has 2 aromatic rings. The van der Waals surface area contributed by atoms with Gasteiger partial charge in [0, 0.05) is 30.9 Å². The monoisotopic (exact) mass is 271 g/mol. The first-order valence-corrected chi connectivity index (χ1v) is 7.34. The Morgan fingerprint density at radius 2 is 1.85 bits per heavy atom. The quantitative estimate of drug-likeness (QED) is 0.895. The summed E-state index contributed by atoms with van der Waals surface area (Å²) in [4.78, 5) is 0. The summed E-state index contributed by atoms with van der Waals surface area (Å²) in [7, 11) is 1.97. The normalized spacial score (nSPS) is 14.2. The lowest BCUT2D eigenvalue weighted by atomic mass is 10.0. The molecule has 1 aromatic heterocycles. The number of aromatic nitrogens is 2. The van der Waals surface area contributed by atoms with Crippen LogP contribution in [-0.4, -0.2) is 9.78 Å². The van der Waals surface area contributed by atoms with Crippen molar-refractivity contribution < 1.29 is 0 Å². The molecule has 108 valence electrons. The van der Waals surface area contributed by atoms with Crippen molar-refractivity contribution >= 4 is 0 Å². The van der Waals surface area contributed by atoms with Crippen LogP contribution < -0.4 is 5.32 Å². The SMILES string of the molecule is CCC(NC(C)c1cn(C)nc1C)c1ccc(C)cc1. The highest BCUT2D eigenvalue weighted by Crippen LogP contribution is 2.23. The Balaban J connectivity index is 2.13. The van der Waals surface area contributed by atoms with E-state index >= 15 is 0 Å². The van der Waals surface area contributed by atoms with E-state index in [0.29, 0.717) is 12.1 Å². The molecule has 0 fully saturated rings. The van der Waals surface area contributed by atoms with Crippen LogP contribution in [0.25, 0.3) is 0 Å². The zero-order valence-electron chi connectivity index (χ0n) is 13.1. The maximum atomic E-state index is 4.43. The van der Waals surface area contributed by atoms with Crippen molar-refractivity contribution in [3.05, 3.63) is 52.8 Å². The van der Waals surface area contributed by atoms with Crippen molar-refractivity contribution in [2.24, 2.45) is 7.05 Å². The minimum atomic E-state index is 0.301. The number of rotatable bonds is 5. The van der Waals surface area contributed by atoms with Crippen molar-refractivity contribution in [2.45, 2.75) is 46.2 Å².